The van der Waals surface area contributed by atoms with Crippen LogP contribution in [0.4, 0.5) is 5.69 Å². The molecule has 4 aromatic carbocycles. The summed E-state index contributed by atoms with van der Waals surface area (Å²) in [6.45, 7) is 12.6. The standard InChI is InChI=1S/C42H59NO7/c1-8-12-16-20-47-36-25-31-30-24-37(48-21-17-13-9-2)38(49-22-18-14-10-3)26-32(30)34-28-39(50-23-19-15-11-4)42(46-7)41(43-29(5)44)40(34)33(31)27-35(36)45-6/h24-28H,8-23H2,1-7H3,(H,43,44). The highest BCUT2D eigenvalue weighted by Crippen LogP contribution is 2.51. The number of hydrogen-bond acceptors (Lipinski definition) is 7. The number of unbranched alkanes of at least 4 members (excludes halogenated alkanes) is 8. The largest absolute Gasteiger partial charge is 0.493 e. The second-order valence-electron chi connectivity index (χ2n) is 13.0. The first-order valence-electron chi connectivity index (χ1n) is 18.9. The fourth-order valence-electron chi connectivity index (χ4n) is 6.37. The molecule has 0 atom stereocenters. The van der Waals surface area contributed by atoms with Crippen molar-refractivity contribution in [3.63, 3.8) is 0 Å². The van der Waals surface area contributed by atoms with Crippen LogP contribution in [0.2, 0.25) is 0 Å². The molecule has 0 saturated carbocycles. The Morgan fingerprint density at radius 1 is 0.500 bits per heavy atom. The smallest absolute Gasteiger partial charge is 0.221 e. The Kier molecular flexibility index (Phi) is 15.5. The van der Waals surface area contributed by atoms with Gasteiger partial charge < -0.3 is 33.7 Å². The fourth-order valence-corrected chi connectivity index (χ4v) is 6.37. The number of carbonyl (C=O) groups excluding carboxylic acids is 1. The summed E-state index contributed by atoms with van der Waals surface area (Å²) in [5.74, 6) is 3.57. The third kappa shape index (κ3) is 9.58. The van der Waals surface area contributed by atoms with Crippen molar-refractivity contribution in [2.24, 2.45) is 0 Å². The van der Waals surface area contributed by atoms with Gasteiger partial charge >= 0.3 is 0 Å². The Balaban J connectivity index is 2.10. The minimum atomic E-state index is -0.209. The topological polar surface area (TPSA) is 84.5 Å². The summed E-state index contributed by atoms with van der Waals surface area (Å²) in [5, 5.41) is 8.60. The van der Waals surface area contributed by atoms with Crippen LogP contribution in [0, 0.1) is 0 Å². The number of fused-ring (bicyclic) bond motifs is 6. The van der Waals surface area contributed by atoms with E-state index in [-0.39, 0.29) is 5.91 Å². The fraction of sp³-hybridized carbons (Fsp3) is 0.548. The third-order valence-electron chi connectivity index (χ3n) is 9.01. The van der Waals surface area contributed by atoms with Crippen molar-refractivity contribution < 1.29 is 33.2 Å². The van der Waals surface area contributed by atoms with Gasteiger partial charge in [-0.3, -0.25) is 4.79 Å². The molecule has 0 aliphatic heterocycles. The van der Waals surface area contributed by atoms with Crippen molar-refractivity contribution in [1.82, 2.24) is 0 Å². The molecule has 0 fully saturated rings. The van der Waals surface area contributed by atoms with Crippen molar-refractivity contribution in [2.75, 3.05) is 46.0 Å². The van der Waals surface area contributed by atoms with Crippen molar-refractivity contribution in [2.45, 2.75) is 112 Å². The zero-order valence-corrected chi connectivity index (χ0v) is 31.6. The van der Waals surface area contributed by atoms with Gasteiger partial charge in [0.15, 0.2) is 34.5 Å². The second-order valence-corrected chi connectivity index (χ2v) is 13.0. The average molecular weight is 690 g/mol. The van der Waals surface area contributed by atoms with Gasteiger partial charge in [-0.25, -0.2) is 0 Å². The molecule has 274 valence electrons. The molecule has 0 bridgehead atoms. The Hall–Kier alpha value is -4.07. The van der Waals surface area contributed by atoms with E-state index in [9.17, 15) is 4.79 Å². The highest BCUT2D eigenvalue weighted by atomic mass is 16.5. The monoisotopic (exact) mass is 689 g/mol. The van der Waals surface area contributed by atoms with Crippen LogP contribution in [0.5, 0.6) is 34.5 Å². The zero-order valence-electron chi connectivity index (χ0n) is 31.6. The molecule has 50 heavy (non-hydrogen) atoms. The van der Waals surface area contributed by atoms with E-state index in [0.29, 0.717) is 60.9 Å². The maximum absolute atomic E-state index is 12.8. The van der Waals surface area contributed by atoms with Gasteiger partial charge in [-0.05, 0) is 82.9 Å². The SMILES string of the molecule is CCCCCOc1cc2c3cc(OCCCCC)c(OCCCCC)cc3c3cc(OCCCCC)c(OC)c(NC(C)=O)c3c2cc1OC. The van der Waals surface area contributed by atoms with Crippen LogP contribution in [0.15, 0.2) is 30.3 Å². The Morgan fingerprint density at radius 3 is 1.24 bits per heavy atom. The number of nitrogens with one attached hydrogen (secondary N) is 1. The summed E-state index contributed by atoms with van der Waals surface area (Å²) >= 11 is 0. The number of ether oxygens (including phenoxy) is 6. The first-order chi connectivity index (χ1) is 24.4. The lowest BCUT2D eigenvalue weighted by Crippen LogP contribution is -2.10. The van der Waals surface area contributed by atoms with Crippen LogP contribution in [0.3, 0.4) is 0 Å². The third-order valence-corrected chi connectivity index (χ3v) is 9.01. The van der Waals surface area contributed by atoms with Crippen molar-refractivity contribution in [1.29, 1.82) is 0 Å². The van der Waals surface area contributed by atoms with Gasteiger partial charge in [-0.2, -0.15) is 0 Å². The highest BCUT2D eigenvalue weighted by Gasteiger charge is 2.24. The predicted molar refractivity (Wildman–Crippen MR) is 206 cm³/mol. The number of anilines is 1. The van der Waals surface area contributed by atoms with E-state index in [1.807, 2.05) is 12.1 Å². The summed E-state index contributed by atoms with van der Waals surface area (Å²) in [6, 6.07) is 10.3. The van der Waals surface area contributed by atoms with E-state index in [1.54, 1.807) is 14.2 Å². The van der Waals surface area contributed by atoms with Crippen LogP contribution in [-0.4, -0.2) is 46.6 Å². The Morgan fingerprint density at radius 2 is 0.860 bits per heavy atom. The average Bonchev–Trinajstić information content (AvgIpc) is 3.11. The molecular weight excluding hydrogens is 630 g/mol. The maximum atomic E-state index is 12.8. The molecule has 1 amide bonds. The summed E-state index contributed by atoms with van der Waals surface area (Å²) in [7, 11) is 3.27. The molecule has 0 aliphatic rings. The van der Waals surface area contributed by atoms with Gasteiger partial charge in [0, 0.05) is 12.3 Å². The maximum Gasteiger partial charge on any atom is 0.221 e. The number of amides is 1. The van der Waals surface area contributed by atoms with E-state index in [4.69, 9.17) is 28.4 Å². The lowest BCUT2D eigenvalue weighted by atomic mass is 9.91. The minimum Gasteiger partial charge on any atom is -0.493 e. The summed E-state index contributed by atoms with van der Waals surface area (Å²) in [4.78, 5) is 12.8. The van der Waals surface area contributed by atoms with Crippen LogP contribution in [-0.2, 0) is 4.79 Å². The highest BCUT2D eigenvalue weighted by molar-refractivity contribution is 6.30. The molecule has 0 spiro atoms. The van der Waals surface area contributed by atoms with Gasteiger partial charge in [0.1, 0.15) is 0 Å². The molecule has 4 aromatic rings. The van der Waals surface area contributed by atoms with Gasteiger partial charge in [0.25, 0.3) is 0 Å². The van der Waals surface area contributed by atoms with E-state index in [0.717, 1.165) is 115 Å². The van der Waals surface area contributed by atoms with Gasteiger partial charge in [0.2, 0.25) is 5.91 Å². The van der Waals surface area contributed by atoms with Crippen LogP contribution >= 0.6 is 0 Å². The molecule has 0 unspecified atom stereocenters. The molecule has 0 radical (unpaired) electrons. The first-order valence-corrected chi connectivity index (χ1v) is 18.9. The molecule has 8 heteroatoms. The summed E-state index contributed by atoms with van der Waals surface area (Å²) < 4.78 is 37.6. The first kappa shape index (κ1) is 38.7. The number of methoxy groups -OCH3 is 2. The molecule has 0 aromatic heterocycles. The van der Waals surface area contributed by atoms with Crippen molar-refractivity contribution in [3.05, 3.63) is 30.3 Å². The van der Waals surface area contributed by atoms with Gasteiger partial charge in [-0.15, -0.1) is 0 Å². The van der Waals surface area contributed by atoms with Gasteiger partial charge in [0.05, 0.1) is 46.3 Å². The quantitative estimate of drug-likeness (QED) is 0.0613. The number of rotatable bonds is 23. The molecule has 8 nitrogen and oxygen atoms in total. The van der Waals surface area contributed by atoms with Crippen molar-refractivity contribution in [3.8, 4) is 34.5 Å². The normalized spacial score (nSPS) is 11.3. The van der Waals surface area contributed by atoms with Crippen LogP contribution in [0.1, 0.15) is 112 Å². The number of carbonyl (C=O) groups is 1. The predicted octanol–water partition coefficient (Wildman–Crippen LogP) is 11.4. The van der Waals surface area contributed by atoms with E-state index in [2.05, 4.69) is 51.2 Å². The molecule has 1 N–H and O–H groups in total. The molecule has 0 heterocycles. The number of benzene rings is 4. The molecule has 0 aliphatic carbocycles. The van der Waals surface area contributed by atoms with E-state index < -0.39 is 0 Å². The van der Waals surface area contributed by atoms with E-state index in [1.165, 1.54) is 6.92 Å². The summed E-state index contributed by atoms with van der Waals surface area (Å²) in [6.07, 6.45) is 12.6. The summed E-state index contributed by atoms with van der Waals surface area (Å²) in [5.41, 5.74) is 0.555. The van der Waals surface area contributed by atoms with Crippen molar-refractivity contribution >= 4 is 43.9 Å². The molecular formula is C42H59NO7. The lowest BCUT2D eigenvalue weighted by Gasteiger charge is -2.22. The zero-order chi connectivity index (χ0) is 35.9. The van der Waals surface area contributed by atoms with Crippen LogP contribution in [0.25, 0.3) is 32.3 Å². The number of hydrogen-bond donors (Lipinski definition) is 1. The Labute approximate surface area is 299 Å². The molecule has 4 rings (SSSR count). The Bertz CT molecular complexity index is 1700. The van der Waals surface area contributed by atoms with E-state index >= 15 is 0 Å². The second kappa shape index (κ2) is 19.9. The van der Waals surface area contributed by atoms with Gasteiger partial charge in [-0.1, -0.05) is 79.1 Å². The minimum absolute atomic E-state index is 0.209. The lowest BCUT2D eigenvalue weighted by molar-refractivity contribution is -0.114. The molecule has 0 saturated heterocycles. The van der Waals surface area contributed by atoms with Crippen LogP contribution < -0.4 is 33.7 Å².